The zero-order valence-corrected chi connectivity index (χ0v) is 10.3. The molecule has 4 heteroatoms. The monoisotopic (exact) mass is 242 g/mol. The first-order valence-electron chi connectivity index (χ1n) is 5.56. The van der Waals surface area contributed by atoms with E-state index in [1.165, 1.54) is 0 Å². The van der Waals surface area contributed by atoms with Gasteiger partial charge in [-0.15, -0.1) is 0 Å². The van der Waals surface area contributed by atoms with Crippen LogP contribution in [-0.4, -0.2) is 18.0 Å². The van der Waals surface area contributed by atoms with E-state index in [0.717, 1.165) is 5.56 Å². The molecule has 0 aliphatic heterocycles. The topological polar surface area (TPSA) is 51.2 Å². The van der Waals surface area contributed by atoms with Crippen LogP contribution in [0.5, 0.6) is 5.75 Å². The molecule has 0 radical (unpaired) electrons. The fourth-order valence-corrected chi connectivity index (χ4v) is 1.63. The van der Waals surface area contributed by atoms with Crippen molar-refractivity contribution in [3.63, 3.8) is 0 Å². The van der Waals surface area contributed by atoms with Crippen LogP contribution in [0.25, 0.3) is 0 Å². The second kappa shape index (κ2) is 5.31. The van der Waals surface area contributed by atoms with Gasteiger partial charge in [0.1, 0.15) is 5.75 Å². The zero-order chi connectivity index (χ0) is 13.0. The number of benzene rings is 1. The number of anilines is 1. The molecule has 92 valence electrons. The summed E-state index contributed by atoms with van der Waals surface area (Å²) in [6.45, 7) is 1.85. The number of aryl methyl sites for hydroxylation is 1. The predicted octanol–water partition coefficient (Wildman–Crippen LogP) is 2.65. The lowest BCUT2D eigenvalue weighted by Gasteiger charge is -2.08. The average Bonchev–Trinajstić information content (AvgIpc) is 2.39. The fraction of sp³-hybridized carbons (Fsp3) is 0.143. The molecule has 4 nitrogen and oxygen atoms in total. The molecule has 0 aliphatic carbocycles. The van der Waals surface area contributed by atoms with E-state index in [2.05, 4.69) is 10.3 Å². The van der Waals surface area contributed by atoms with Crippen molar-refractivity contribution in [2.24, 2.45) is 0 Å². The Morgan fingerprint density at radius 1 is 1.33 bits per heavy atom. The van der Waals surface area contributed by atoms with Crippen LogP contribution >= 0.6 is 0 Å². The molecule has 1 heterocycles. The first-order chi connectivity index (χ1) is 8.70. The zero-order valence-electron chi connectivity index (χ0n) is 10.3. The molecule has 2 rings (SSSR count). The molecule has 0 atom stereocenters. The summed E-state index contributed by atoms with van der Waals surface area (Å²) in [4.78, 5) is 16.0. The molecule has 1 amide bonds. The van der Waals surface area contributed by atoms with E-state index in [0.29, 0.717) is 17.0 Å². The second-order valence-electron chi connectivity index (χ2n) is 3.88. The quantitative estimate of drug-likeness (QED) is 0.900. The summed E-state index contributed by atoms with van der Waals surface area (Å²) in [6, 6.07) is 8.94. The van der Waals surface area contributed by atoms with Gasteiger partial charge in [0, 0.05) is 29.7 Å². The Morgan fingerprint density at radius 3 is 2.89 bits per heavy atom. The Labute approximate surface area is 106 Å². The highest BCUT2D eigenvalue weighted by Gasteiger charge is 2.08. The largest absolute Gasteiger partial charge is 0.497 e. The lowest BCUT2D eigenvalue weighted by Crippen LogP contribution is -2.13. The number of nitrogens with one attached hydrogen (secondary N) is 1. The number of methoxy groups -OCH3 is 1. The number of nitrogens with zero attached hydrogens (tertiary/aromatic N) is 1. The normalized spacial score (nSPS) is 9.89. The lowest BCUT2D eigenvalue weighted by molar-refractivity contribution is 0.102. The molecule has 1 aromatic carbocycles. The molecular weight excluding hydrogens is 228 g/mol. The highest BCUT2D eigenvalue weighted by molar-refractivity contribution is 6.05. The van der Waals surface area contributed by atoms with Crippen LogP contribution in [0, 0.1) is 6.92 Å². The maximum absolute atomic E-state index is 12.1. The van der Waals surface area contributed by atoms with Crippen molar-refractivity contribution < 1.29 is 9.53 Å². The number of hydrogen-bond donors (Lipinski definition) is 1. The minimum Gasteiger partial charge on any atom is -0.497 e. The van der Waals surface area contributed by atoms with E-state index >= 15 is 0 Å². The molecule has 0 spiro atoms. The molecule has 0 fully saturated rings. The van der Waals surface area contributed by atoms with Crippen molar-refractivity contribution in [2.75, 3.05) is 12.4 Å². The van der Waals surface area contributed by atoms with E-state index in [1.54, 1.807) is 31.6 Å². The van der Waals surface area contributed by atoms with Gasteiger partial charge in [0.05, 0.1) is 7.11 Å². The van der Waals surface area contributed by atoms with Crippen molar-refractivity contribution in [1.29, 1.82) is 0 Å². The van der Waals surface area contributed by atoms with Gasteiger partial charge < -0.3 is 10.1 Å². The van der Waals surface area contributed by atoms with Gasteiger partial charge in [-0.1, -0.05) is 6.07 Å². The van der Waals surface area contributed by atoms with E-state index in [9.17, 15) is 4.79 Å². The van der Waals surface area contributed by atoms with Gasteiger partial charge in [0.2, 0.25) is 0 Å². The Morgan fingerprint density at radius 2 is 2.17 bits per heavy atom. The van der Waals surface area contributed by atoms with Crippen molar-refractivity contribution in [3.8, 4) is 5.75 Å². The molecule has 1 aromatic heterocycles. The van der Waals surface area contributed by atoms with Crippen molar-refractivity contribution >= 4 is 11.6 Å². The number of carbonyl (C=O) groups is 1. The number of hydrogen-bond acceptors (Lipinski definition) is 3. The summed E-state index contributed by atoms with van der Waals surface area (Å²) >= 11 is 0. The van der Waals surface area contributed by atoms with E-state index in [1.807, 2.05) is 25.1 Å². The van der Waals surface area contributed by atoms with Crippen LogP contribution in [0.4, 0.5) is 5.69 Å². The molecular formula is C14H14N2O2. The number of carbonyl (C=O) groups excluding carboxylic acids is 1. The minimum absolute atomic E-state index is 0.150. The Hall–Kier alpha value is -2.36. The third kappa shape index (κ3) is 2.66. The van der Waals surface area contributed by atoms with Crippen LogP contribution in [0.1, 0.15) is 15.9 Å². The van der Waals surface area contributed by atoms with Gasteiger partial charge in [0.15, 0.2) is 0 Å². The third-order valence-corrected chi connectivity index (χ3v) is 2.59. The Kier molecular flexibility index (Phi) is 3.57. The van der Waals surface area contributed by atoms with Crippen LogP contribution in [-0.2, 0) is 0 Å². The first kappa shape index (κ1) is 12.1. The van der Waals surface area contributed by atoms with Crippen LogP contribution in [0.3, 0.4) is 0 Å². The first-order valence-corrected chi connectivity index (χ1v) is 5.56. The molecule has 0 bridgehead atoms. The molecule has 0 saturated carbocycles. The summed E-state index contributed by atoms with van der Waals surface area (Å²) in [5.41, 5.74) is 2.17. The highest BCUT2D eigenvalue weighted by Crippen LogP contribution is 2.18. The van der Waals surface area contributed by atoms with Crippen LogP contribution in [0.15, 0.2) is 42.7 Å². The van der Waals surface area contributed by atoms with Crippen molar-refractivity contribution in [3.05, 3.63) is 53.9 Å². The van der Waals surface area contributed by atoms with Crippen molar-refractivity contribution in [2.45, 2.75) is 6.92 Å². The molecule has 0 saturated heterocycles. The smallest absolute Gasteiger partial charge is 0.256 e. The Balaban J connectivity index is 2.19. The standard InChI is InChI=1S/C14H14N2O2/c1-10-9-15-7-6-13(10)14(17)16-11-4-3-5-12(8-11)18-2/h3-9H,1-2H3,(H,16,17). The molecule has 0 unspecified atom stereocenters. The van der Waals surface area contributed by atoms with Gasteiger partial charge in [-0.05, 0) is 30.7 Å². The van der Waals surface area contributed by atoms with Gasteiger partial charge in [0.25, 0.3) is 5.91 Å². The average molecular weight is 242 g/mol. The number of rotatable bonds is 3. The number of ether oxygens (including phenoxy) is 1. The summed E-state index contributed by atoms with van der Waals surface area (Å²) in [5.74, 6) is 0.558. The van der Waals surface area contributed by atoms with Crippen molar-refractivity contribution in [1.82, 2.24) is 4.98 Å². The van der Waals surface area contributed by atoms with Gasteiger partial charge in [-0.2, -0.15) is 0 Å². The maximum Gasteiger partial charge on any atom is 0.256 e. The predicted molar refractivity (Wildman–Crippen MR) is 69.9 cm³/mol. The number of aromatic nitrogens is 1. The fourth-order valence-electron chi connectivity index (χ4n) is 1.63. The van der Waals surface area contributed by atoms with Gasteiger partial charge in [-0.3, -0.25) is 9.78 Å². The summed E-state index contributed by atoms with van der Waals surface area (Å²) < 4.78 is 5.10. The summed E-state index contributed by atoms with van der Waals surface area (Å²) in [6.07, 6.45) is 3.27. The minimum atomic E-state index is -0.150. The molecule has 2 aromatic rings. The lowest BCUT2D eigenvalue weighted by atomic mass is 10.1. The highest BCUT2D eigenvalue weighted by atomic mass is 16.5. The van der Waals surface area contributed by atoms with Crippen LogP contribution in [0.2, 0.25) is 0 Å². The second-order valence-corrected chi connectivity index (χ2v) is 3.88. The Bertz CT molecular complexity index is 567. The number of amides is 1. The molecule has 0 aliphatic rings. The SMILES string of the molecule is COc1cccc(NC(=O)c2ccncc2C)c1. The van der Waals surface area contributed by atoms with E-state index < -0.39 is 0 Å². The van der Waals surface area contributed by atoms with Crippen LogP contribution < -0.4 is 10.1 Å². The maximum atomic E-state index is 12.1. The van der Waals surface area contributed by atoms with E-state index in [-0.39, 0.29) is 5.91 Å². The van der Waals surface area contributed by atoms with E-state index in [4.69, 9.17) is 4.74 Å². The van der Waals surface area contributed by atoms with Gasteiger partial charge in [-0.25, -0.2) is 0 Å². The summed E-state index contributed by atoms with van der Waals surface area (Å²) in [5, 5.41) is 2.83. The summed E-state index contributed by atoms with van der Waals surface area (Å²) in [7, 11) is 1.59. The third-order valence-electron chi connectivity index (χ3n) is 2.59. The van der Waals surface area contributed by atoms with Gasteiger partial charge >= 0.3 is 0 Å². The molecule has 18 heavy (non-hydrogen) atoms. The molecule has 1 N–H and O–H groups in total. The number of pyridine rings is 1.